The molecule has 0 unspecified atom stereocenters. The molecule has 0 radical (unpaired) electrons. The highest BCUT2D eigenvalue weighted by molar-refractivity contribution is 5.67. The van der Waals surface area contributed by atoms with Gasteiger partial charge >= 0.3 is 6.09 Å². The van der Waals surface area contributed by atoms with E-state index in [0.29, 0.717) is 18.2 Å². The highest BCUT2D eigenvalue weighted by atomic mass is 16.5. The summed E-state index contributed by atoms with van der Waals surface area (Å²) >= 11 is 0. The summed E-state index contributed by atoms with van der Waals surface area (Å²) in [7, 11) is 0. The largest absolute Gasteiger partial charge is 0.465 e. The zero-order valence-corrected chi connectivity index (χ0v) is 17.8. The normalized spacial score (nSPS) is 26.1. The number of carbonyl (C=O) groups is 1. The summed E-state index contributed by atoms with van der Waals surface area (Å²) < 4.78 is 5.43. The molecule has 1 aliphatic rings. The van der Waals surface area contributed by atoms with E-state index in [2.05, 4.69) is 51.7 Å². The molecular weight excluding hydrogens is 330 g/mol. The van der Waals surface area contributed by atoms with Gasteiger partial charge in [0.05, 0.1) is 0 Å². The maximum absolute atomic E-state index is 12.1. The number of nitrogens with zero attached hydrogens (tertiary/aromatic N) is 3. The van der Waals surface area contributed by atoms with Crippen LogP contribution in [0.5, 0.6) is 0 Å². The molecule has 1 aliphatic carbocycles. The van der Waals surface area contributed by atoms with Crippen molar-refractivity contribution in [2.45, 2.75) is 98.1 Å². The fourth-order valence-corrected chi connectivity index (χ4v) is 4.44. The van der Waals surface area contributed by atoms with Crippen LogP contribution in [0.1, 0.15) is 86.9 Å². The Labute approximate surface area is 157 Å². The predicted octanol–water partition coefficient (Wildman–Crippen LogP) is 4.88. The molecule has 1 saturated carbocycles. The lowest BCUT2D eigenvalue weighted by Gasteiger charge is -2.53. The Kier molecular flexibility index (Phi) is 4.97. The van der Waals surface area contributed by atoms with E-state index in [1.54, 1.807) is 4.90 Å². The number of carboxylic acid groups (broad SMARTS) is 1. The molecule has 0 spiro atoms. The van der Waals surface area contributed by atoms with E-state index < -0.39 is 17.2 Å². The number of hydrogen-bond acceptors (Lipinski definition) is 4. The number of amides is 1. The van der Waals surface area contributed by atoms with Crippen molar-refractivity contribution in [3.05, 3.63) is 11.7 Å². The quantitative estimate of drug-likeness (QED) is 0.825. The third-order valence-electron chi connectivity index (χ3n) is 6.28. The minimum atomic E-state index is -0.858. The second kappa shape index (κ2) is 6.24. The van der Waals surface area contributed by atoms with Gasteiger partial charge in [-0.05, 0) is 51.9 Å². The zero-order chi connectivity index (χ0) is 20.1. The van der Waals surface area contributed by atoms with Crippen molar-refractivity contribution in [2.75, 3.05) is 0 Å². The van der Waals surface area contributed by atoms with E-state index in [9.17, 15) is 9.90 Å². The summed E-state index contributed by atoms with van der Waals surface area (Å²) in [5, 5.41) is 14.1. The zero-order valence-electron chi connectivity index (χ0n) is 17.8. The van der Waals surface area contributed by atoms with E-state index in [4.69, 9.17) is 4.52 Å². The van der Waals surface area contributed by atoms with Gasteiger partial charge in [0.1, 0.15) is 0 Å². The van der Waals surface area contributed by atoms with Gasteiger partial charge in [-0.3, -0.25) is 4.90 Å². The van der Waals surface area contributed by atoms with E-state index in [1.807, 2.05) is 20.8 Å². The molecule has 0 aromatic carbocycles. The second-order valence-corrected chi connectivity index (χ2v) is 10.5. The van der Waals surface area contributed by atoms with Crippen LogP contribution in [0.4, 0.5) is 4.79 Å². The van der Waals surface area contributed by atoms with E-state index >= 15 is 0 Å². The summed E-state index contributed by atoms with van der Waals surface area (Å²) in [6.45, 7) is 18.5. The lowest BCUT2D eigenvalue weighted by molar-refractivity contribution is -0.0360. The van der Waals surface area contributed by atoms with Crippen LogP contribution in [-0.2, 0) is 11.8 Å². The first kappa shape index (κ1) is 20.7. The summed E-state index contributed by atoms with van der Waals surface area (Å²) in [4.78, 5) is 18.3. The van der Waals surface area contributed by atoms with Crippen molar-refractivity contribution in [3.8, 4) is 0 Å². The van der Waals surface area contributed by atoms with Gasteiger partial charge in [-0.2, -0.15) is 4.98 Å². The first-order valence-electron chi connectivity index (χ1n) is 9.47. The van der Waals surface area contributed by atoms with Gasteiger partial charge in [-0.15, -0.1) is 0 Å². The molecule has 2 rings (SSSR count). The molecule has 0 aliphatic heterocycles. The maximum Gasteiger partial charge on any atom is 0.408 e. The third kappa shape index (κ3) is 3.47. The Hall–Kier alpha value is -1.59. The van der Waals surface area contributed by atoms with Crippen LogP contribution in [-0.4, -0.2) is 37.3 Å². The minimum Gasteiger partial charge on any atom is -0.465 e. The molecule has 26 heavy (non-hydrogen) atoms. The Morgan fingerprint density at radius 3 is 2.23 bits per heavy atom. The molecule has 1 fully saturated rings. The molecule has 1 heterocycles. The molecule has 6 heteroatoms. The second-order valence-electron chi connectivity index (χ2n) is 10.5. The van der Waals surface area contributed by atoms with Crippen molar-refractivity contribution in [1.82, 2.24) is 15.0 Å². The van der Waals surface area contributed by atoms with Gasteiger partial charge in [0, 0.05) is 22.9 Å². The van der Waals surface area contributed by atoms with Gasteiger partial charge in [-0.1, -0.05) is 39.8 Å². The Balaban J connectivity index is 2.29. The lowest BCUT2D eigenvalue weighted by Crippen LogP contribution is -2.63. The molecule has 148 valence electrons. The van der Waals surface area contributed by atoms with Gasteiger partial charge in [-0.25, -0.2) is 4.79 Å². The Bertz CT molecular complexity index is 667. The third-order valence-corrected chi connectivity index (χ3v) is 6.28. The van der Waals surface area contributed by atoms with Crippen LogP contribution in [0.15, 0.2) is 4.52 Å². The summed E-state index contributed by atoms with van der Waals surface area (Å²) in [5.41, 5.74) is -1.28. The van der Waals surface area contributed by atoms with Gasteiger partial charge in [0.25, 0.3) is 0 Å². The monoisotopic (exact) mass is 365 g/mol. The molecule has 6 nitrogen and oxygen atoms in total. The molecule has 0 saturated heterocycles. The van der Waals surface area contributed by atoms with Crippen LogP contribution in [0.2, 0.25) is 0 Å². The van der Waals surface area contributed by atoms with E-state index in [0.717, 1.165) is 18.7 Å². The van der Waals surface area contributed by atoms with Crippen molar-refractivity contribution in [2.24, 2.45) is 11.3 Å². The van der Waals surface area contributed by atoms with Crippen LogP contribution in [0.3, 0.4) is 0 Å². The standard InChI is InChI=1S/C20H35N3O3/c1-17(2,3)15-21-14(22-26-15)12-13-10-11-20(9,19(13,7)8)23(16(24)25)18(4,5)6/h13H,10-12H2,1-9H3,(H,24,25)/t13-,20-/m0/s1. The average molecular weight is 366 g/mol. The summed E-state index contributed by atoms with van der Waals surface area (Å²) in [6.07, 6.45) is 1.63. The smallest absolute Gasteiger partial charge is 0.408 e. The van der Waals surface area contributed by atoms with E-state index in [1.165, 1.54) is 0 Å². The topological polar surface area (TPSA) is 79.5 Å². The number of hydrogen-bond donors (Lipinski definition) is 1. The molecule has 2 atom stereocenters. The van der Waals surface area contributed by atoms with Crippen molar-refractivity contribution < 1.29 is 14.4 Å². The SMILES string of the molecule is CC(C)(C)c1nc(C[C@@H]2CC[C@](C)(N(C(=O)O)C(C)(C)C)C2(C)C)no1. The first-order chi connectivity index (χ1) is 11.6. The van der Waals surface area contributed by atoms with Gasteiger partial charge in [0.2, 0.25) is 5.89 Å². The van der Waals surface area contributed by atoms with Crippen LogP contribution < -0.4 is 0 Å². The number of aromatic nitrogens is 2. The van der Waals surface area contributed by atoms with Crippen molar-refractivity contribution in [3.63, 3.8) is 0 Å². The molecule has 1 aromatic rings. The highest BCUT2D eigenvalue weighted by Gasteiger charge is 2.58. The minimum absolute atomic E-state index is 0.169. The molecular formula is C20H35N3O3. The number of rotatable bonds is 3. The summed E-state index contributed by atoms with van der Waals surface area (Å²) in [5.74, 6) is 1.66. The van der Waals surface area contributed by atoms with Crippen LogP contribution in [0, 0.1) is 11.3 Å². The average Bonchev–Trinajstić information content (AvgIpc) is 2.96. The van der Waals surface area contributed by atoms with Crippen molar-refractivity contribution >= 4 is 6.09 Å². The van der Waals surface area contributed by atoms with Crippen molar-refractivity contribution in [1.29, 1.82) is 0 Å². The van der Waals surface area contributed by atoms with Crippen LogP contribution in [0.25, 0.3) is 0 Å². The highest BCUT2D eigenvalue weighted by Crippen LogP contribution is 2.55. The molecule has 0 bridgehead atoms. The maximum atomic E-state index is 12.1. The first-order valence-corrected chi connectivity index (χ1v) is 9.47. The molecule has 1 N–H and O–H groups in total. The van der Waals surface area contributed by atoms with Gasteiger partial charge < -0.3 is 9.63 Å². The van der Waals surface area contributed by atoms with E-state index in [-0.39, 0.29) is 10.8 Å². The molecule has 1 aromatic heterocycles. The fraction of sp³-hybridized carbons (Fsp3) is 0.850. The Morgan fingerprint density at radius 2 is 1.81 bits per heavy atom. The summed E-state index contributed by atoms with van der Waals surface area (Å²) in [6, 6.07) is 0. The predicted molar refractivity (Wildman–Crippen MR) is 101 cm³/mol. The van der Waals surface area contributed by atoms with Crippen LogP contribution >= 0.6 is 0 Å². The molecule has 1 amide bonds. The van der Waals surface area contributed by atoms with Gasteiger partial charge in [0.15, 0.2) is 5.82 Å². The lowest BCUT2D eigenvalue weighted by atomic mass is 9.68. The fourth-order valence-electron chi connectivity index (χ4n) is 4.44. The Morgan fingerprint density at radius 1 is 1.23 bits per heavy atom.